The minimum absolute atomic E-state index is 0.110. The second-order valence-electron chi connectivity index (χ2n) is 7.10. The third-order valence-corrected chi connectivity index (χ3v) is 5.08. The number of rotatable bonds is 4. The molecule has 6 N–H and O–H groups in total. The maximum atomic E-state index is 12.5. The number of aliphatic hydroxyl groups excluding tert-OH is 4. The van der Waals surface area contributed by atoms with Crippen molar-refractivity contribution in [3.8, 4) is 28.6 Å². The maximum Gasteiger partial charge on any atom is 0.229 e. The number of benzene rings is 2. The topological polar surface area (TPSA) is 170 Å². The lowest BCUT2D eigenvalue weighted by Crippen LogP contribution is -2.60. The first-order valence-electron chi connectivity index (χ1n) is 9.37. The molecule has 0 amide bonds. The summed E-state index contributed by atoms with van der Waals surface area (Å²) < 4.78 is 16.4. The van der Waals surface area contributed by atoms with Crippen molar-refractivity contribution in [2.75, 3.05) is 6.61 Å². The van der Waals surface area contributed by atoms with Crippen LogP contribution in [0.1, 0.15) is 0 Å². The highest BCUT2D eigenvalue weighted by Gasteiger charge is 2.45. The molecule has 2 aromatic carbocycles. The molecule has 1 saturated heterocycles. The van der Waals surface area contributed by atoms with E-state index in [1.165, 1.54) is 6.07 Å². The quantitative estimate of drug-likeness (QED) is 0.310. The molecule has 0 saturated carbocycles. The molecule has 5 atom stereocenters. The zero-order valence-electron chi connectivity index (χ0n) is 16.0. The minimum atomic E-state index is -1.74. The second kappa shape index (κ2) is 8.17. The van der Waals surface area contributed by atoms with E-state index < -0.39 is 60.0 Å². The molecule has 2 heterocycles. The van der Waals surface area contributed by atoms with Crippen LogP contribution in [-0.4, -0.2) is 68.0 Å². The van der Waals surface area contributed by atoms with Crippen molar-refractivity contribution in [1.29, 1.82) is 0 Å². The molecule has 1 aromatic heterocycles. The fourth-order valence-electron chi connectivity index (χ4n) is 3.39. The zero-order chi connectivity index (χ0) is 22.3. The van der Waals surface area contributed by atoms with Crippen LogP contribution < -0.4 is 10.2 Å². The monoisotopic (exact) mass is 432 g/mol. The molecule has 1 aliphatic heterocycles. The predicted octanol–water partition coefficient (Wildman–Crippen LogP) is 0.0499. The molecular formula is C21H20O10. The predicted molar refractivity (Wildman–Crippen MR) is 106 cm³/mol. The molecule has 1 aliphatic rings. The summed E-state index contributed by atoms with van der Waals surface area (Å²) in [4.78, 5) is 12.5. The van der Waals surface area contributed by atoms with Crippen LogP contribution in [0.15, 0.2) is 51.7 Å². The molecule has 0 bridgehead atoms. The molecule has 1 fully saturated rings. The van der Waals surface area contributed by atoms with Crippen molar-refractivity contribution in [2.24, 2.45) is 0 Å². The van der Waals surface area contributed by atoms with E-state index in [0.717, 1.165) is 6.07 Å². The lowest BCUT2D eigenvalue weighted by molar-refractivity contribution is -0.277. The second-order valence-corrected chi connectivity index (χ2v) is 7.10. The molecule has 10 heteroatoms. The Morgan fingerprint density at radius 3 is 2.32 bits per heavy atom. The number of phenols is 2. The molecule has 4 rings (SSSR count). The number of hydrogen-bond acceptors (Lipinski definition) is 10. The minimum Gasteiger partial charge on any atom is -0.504 e. The number of hydrogen-bond donors (Lipinski definition) is 6. The summed E-state index contributed by atoms with van der Waals surface area (Å²) in [6, 6.07) is 11.0. The SMILES string of the molecule is O=c1cc(-c2ccccc2)oc2cc(O[C@H]3O[C@@H](CO)[C@@H](O)[C@H](O)[C@H]3O)c(O)c(O)c12. The van der Waals surface area contributed by atoms with Crippen LogP contribution in [0.25, 0.3) is 22.3 Å². The van der Waals surface area contributed by atoms with Gasteiger partial charge in [0.2, 0.25) is 12.0 Å². The number of aromatic hydroxyl groups is 2. The molecule has 0 radical (unpaired) electrons. The third kappa shape index (κ3) is 3.71. The van der Waals surface area contributed by atoms with Crippen molar-refractivity contribution in [3.05, 3.63) is 52.7 Å². The largest absolute Gasteiger partial charge is 0.504 e. The fourth-order valence-corrected chi connectivity index (χ4v) is 3.39. The van der Waals surface area contributed by atoms with Gasteiger partial charge in [0.1, 0.15) is 41.1 Å². The third-order valence-electron chi connectivity index (χ3n) is 5.08. The van der Waals surface area contributed by atoms with Gasteiger partial charge in [-0.05, 0) is 0 Å². The van der Waals surface area contributed by atoms with Crippen LogP contribution in [0.3, 0.4) is 0 Å². The summed E-state index contributed by atoms with van der Waals surface area (Å²) in [7, 11) is 0. The van der Waals surface area contributed by atoms with Gasteiger partial charge >= 0.3 is 0 Å². The van der Waals surface area contributed by atoms with E-state index in [0.29, 0.717) is 5.56 Å². The van der Waals surface area contributed by atoms with Gasteiger partial charge in [-0.1, -0.05) is 30.3 Å². The molecular weight excluding hydrogens is 412 g/mol. The van der Waals surface area contributed by atoms with Crippen molar-refractivity contribution < 1.29 is 44.5 Å². The number of fused-ring (bicyclic) bond motifs is 1. The summed E-state index contributed by atoms with van der Waals surface area (Å²) in [6.45, 7) is -0.672. The Labute approximate surface area is 174 Å². The highest BCUT2D eigenvalue weighted by atomic mass is 16.7. The van der Waals surface area contributed by atoms with Gasteiger partial charge in [0, 0.05) is 17.7 Å². The molecule has 0 aliphatic carbocycles. The summed E-state index contributed by atoms with van der Waals surface area (Å²) in [5, 5.41) is 59.6. The fraction of sp³-hybridized carbons (Fsp3) is 0.286. The van der Waals surface area contributed by atoms with E-state index in [4.69, 9.17) is 13.9 Å². The summed E-state index contributed by atoms with van der Waals surface area (Å²) in [5.74, 6) is -1.82. The first-order valence-corrected chi connectivity index (χ1v) is 9.37. The van der Waals surface area contributed by atoms with Crippen molar-refractivity contribution in [2.45, 2.75) is 30.7 Å². The molecule has 31 heavy (non-hydrogen) atoms. The smallest absolute Gasteiger partial charge is 0.229 e. The average molecular weight is 432 g/mol. The Hall–Kier alpha value is -3.15. The van der Waals surface area contributed by atoms with Gasteiger partial charge in [-0.25, -0.2) is 0 Å². The molecule has 0 spiro atoms. The zero-order valence-corrected chi connectivity index (χ0v) is 16.0. The Bertz CT molecular complexity index is 1140. The van der Waals surface area contributed by atoms with E-state index in [2.05, 4.69) is 0 Å². The van der Waals surface area contributed by atoms with Crippen LogP contribution in [-0.2, 0) is 4.74 Å². The lowest BCUT2D eigenvalue weighted by atomic mass is 9.99. The Morgan fingerprint density at radius 2 is 1.65 bits per heavy atom. The van der Waals surface area contributed by atoms with Gasteiger partial charge in [-0.2, -0.15) is 0 Å². The van der Waals surface area contributed by atoms with Gasteiger partial charge in [-0.3, -0.25) is 4.79 Å². The first kappa shape index (κ1) is 21.1. The molecule has 10 nitrogen and oxygen atoms in total. The highest BCUT2D eigenvalue weighted by Crippen LogP contribution is 2.42. The Balaban J connectivity index is 1.76. The van der Waals surface area contributed by atoms with Gasteiger partial charge < -0.3 is 44.5 Å². The van der Waals surface area contributed by atoms with Crippen LogP contribution >= 0.6 is 0 Å². The van der Waals surface area contributed by atoms with E-state index >= 15 is 0 Å². The van der Waals surface area contributed by atoms with E-state index in [1.807, 2.05) is 0 Å². The van der Waals surface area contributed by atoms with Gasteiger partial charge in [0.15, 0.2) is 16.9 Å². The van der Waals surface area contributed by atoms with Crippen LogP contribution in [0.5, 0.6) is 17.2 Å². The molecule has 3 aromatic rings. The maximum absolute atomic E-state index is 12.5. The highest BCUT2D eigenvalue weighted by molar-refractivity contribution is 5.89. The Morgan fingerprint density at radius 1 is 0.935 bits per heavy atom. The Kier molecular flexibility index (Phi) is 5.56. The summed E-state index contributed by atoms with van der Waals surface area (Å²) in [6.07, 6.45) is -7.87. The van der Waals surface area contributed by atoms with Crippen molar-refractivity contribution in [1.82, 2.24) is 0 Å². The number of phenolic OH excluding ortho intramolecular Hbond substituents is 2. The summed E-state index contributed by atoms with van der Waals surface area (Å²) >= 11 is 0. The van der Waals surface area contributed by atoms with Crippen LogP contribution in [0.2, 0.25) is 0 Å². The molecule has 0 unspecified atom stereocenters. The average Bonchev–Trinajstić information content (AvgIpc) is 2.77. The van der Waals surface area contributed by atoms with Gasteiger partial charge in [0.05, 0.1) is 6.61 Å². The normalized spacial score (nSPS) is 26.1. The molecule has 164 valence electrons. The first-order chi connectivity index (χ1) is 14.8. The van der Waals surface area contributed by atoms with Crippen molar-refractivity contribution >= 4 is 11.0 Å². The van der Waals surface area contributed by atoms with Crippen molar-refractivity contribution in [3.63, 3.8) is 0 Å². The lowest BCUT2D eigenvalue weighted by Gasteiger charge is -2.39. The van der Waals surface area contributed by atoms with E-state index in [1.54, 1.807) is 30.3 Å². The number of aliphatic hydroxyl groups is 4. The van der Waals surface area contributed by atoms with Gasteiger partial charge in [-0.15, -0.1) is 0 Å². The van der Waals surface area contributed by atoms with E-state index in [9.17, 15) is 35.4 Å². The van der Waals surface area contributed by atoms with Crippen LogP contribution in [0.4, 0.5) is 0 Å². The standard InChI is InChI=1S/C21H20O10/c22-8-14-17(25)19(27)20(28)21(31-14)30-13-7-12-15(18(26)16(13)24)10(23)6-11(29-12)9-4-2-1-3-5-9/h1-7,14,17,19-22,24-28H,8H2/t14-,17+,19-,20+,21-/m0/s1. The van der Waals surface area contributed by atoms with E-state index in [-0.39, 0.29) is 16.7 Å². The van der Waals surface area contributed by atoms with Crippen LogP contribution in [0, 0.1) is 0 Å². The van der Waals surface area contributed by atoms with Gasteiger partial charge in [0.25, 0.3) is 0 Å². The summed E-state index contributed by atoms with van der Waals surface area (Å²) in [5.41, 5.74) is -0.112. The number of ether oxygens (including phenoxy) is 2.